The molecule has 1 rings (SSSR count). The van der Waals surface area contributed by atoms with Crippen molar-refractivity contribution in [2.45, 2.75) is 18.7 Å². The molecule has 0 saturated heterocycles. The summed E-state index contributed by atoms with van der Waals surface area (Å²) in [5.74, 6) is 0.845. The van der Waals surface area contributed by atoms with Crippen LogP contribution >= 0.6 is 0 Å². The number of benzene rings is 1. The lowest BCUT2D eigenvalue weighted by molar-refractivity contribution is 0.346. The quantitative estimate of drug-likeness (QED) is 0.855. The number of sulfonamides is 1. The standard InChI is InChI=1S/C12H19NO4S/c1-9(2)8-13-18(14,15)11-7-5-6-10(16-3)12(11)17-4/h5-7,9,13H,8H2,1-4H3. The van der Waals surface area contributed by atoms with Crippen molar-refractivity contribution < 1.29 is 17.9 Å². The zero-order valence-electron chi connectivity index (χ0n) is 11.1. The van der Waals surface area contributed by atoms with Gasteiger partial charge in [-0.3, -0.25) is 0 Å². The van der Waals surface area contributed by atoms with E-state index in [0.717, 1.165) is 0 Å². The molecule has 1 N–H and O–H groups in total. The maximum Gasteiger partial charge on any atom is 0.244 e. The zero-order valence-corrected chi connectivity index (χ0v) is 11.9. The first-order chi connectivity index (χ1) is 8.42. The van der Waals surface area contributed by atoms with Crippen molar-refractivity contribution >= 4 is 10.0 Å². The SMILES string of the molecule is COc1cccc(S(=O)(=O)NCC(C)C)c1OC. The number of nitrogens with one attached hydrogen (secondary N) is 1. The van der Waals surface area contributed by atoms with Crippen LogP contribution in [0.15, 0.2) is 23.1 Å². The number of hydrogen-bond donors (Lipinski definition) is 1. The van der Waals surface area contributed by atoms with E-state index < -0.39 is 10.0 Å². The Morgan fingerprint density at radius 2 is 1.89 bits per heavy atom. The Balaban J connectivity index is 3.15. The van der Waals surface area contributed by atoms with Crippen LogP contribution in [0, 0.1) is 5.92 Å². The number of rotatable bonds is 6. The first-order valence-corrected chi connectivity index (χ1v) is 7.11. The maximum atomic E-state index is 12.1. The van der Waals surface area contributed by atoms with Gasteiger partial charge in [0.15, 0.2) is 11.5 Å². The molecule has 0 spiro atoms. The lowest BCUT2D eigenvalue weighted by atomic mass is 10.2. The van der Waals surface area contributed by atoms with Gasteiger partial charge in [-0.2, -0.15) is 0 Å². The first kappa shape index (κ1) is 14.8. The molecule has 6 heteroatoms. The van der Waals surface area contributed by atoms with Crippen LogP contribution in [0.3, 0.4) is 0 Å². The molecule has 0 amide bonds. The second-order valence-corrected chi connectivity index (χ2v) is 5.97. The molecule has 0 heterocycles. The third-order valence-electron chi connectivity index (χ3n) is 2.34. The summed E-state index contributed by atoms with van der Waals surface area (Å²) in [4.78, 5) is 0.0880. The van der Waals surface area contributed by atoms with E-state index in [2.05, 4.69) is 4.72 Å². The second kappa shape index (κ2) is 6.06. The molecule has 0 aliphatic carbocycles. The summed E-state index contributed by atoms with van der Waals surface area (Å²) >= 11 is 0. The number of methoxy groups -OCH3 is 2. The van der Waals surface area contributed by atoms with Gasteiger partial charge in [-0.1, -0.05) is 19.9 Å². The number of para-hydroxylation sites is 1. The fraction of sp³-hybridized carbons (Fsp3) is 0.500. The summed E-state index contributed by atoms with van der Waals surface area (Å²) < 4.78 is 37.0. The number of hydrogen-bond acceptors (Lipinski definition) is 4. The van der Waals surface area contributed by atoms with Gasteiger partial charge in [-0.05, 0) is 18.1 Å². The van der Waals surface area contributed by atoms with Gasteiger partial charge < -0.3 is 9.47 Å². The summed E-state index contributed by atoms with van der Waals surface area (Å²) in [5, 5.41) is 0. The highest BCUT2D eigenvalue weighted by molar-refractivity contribution is 7.89. The van der Waals surface area contributed by atoms with Crippen LogP contribution < -0.4 is 14.2 Å². The molecule has 18 heavy (non-hydrogen) atoms. The van der Waals surface area contributed by atoms with E-state index in [0.29, 0.717) is 12.3 Å². The Morgan fingerprint density at radius 3 is 2.39 bits per heavy atom. The van der Waals surface area contributed by atoms with Crippen molar-refractivity contribution in [1.82, 2.24) is 4.72 Å². The highest BCUT2D eigenvalue weighted by atomic mass is 32.2. The van der Waals surface area contributed by atoms with Gasteiger partial charge in [0.1, 0.15) is 4.90 Å². The van der Waals surface area contributed by atoms with Crippen molar-refractivity contribution in [2.75, 3.05) is 20.8 Å². The van der Waals surface area contributed by atoms with Crippen LogP contribution in [0.4, 0.5) is 0 Å². The normalized spacial score (nSPS) is 11.6. The third-order valence-corrected chi connectivity index (χ3v) is 3.79. The van der Waals surface area contributed by atoms with Crippen LogP contribution in [-0.4, -0.2) is 29.2 Å². The molecule has 1 aromatic carbocycles. The van der Waals surface area contributed by atoms with Gasteiger partial charge in [0, 0.05) is 6.54 Å². The molecule has 0 fully saturated rings. The van der Waals surface area contributed by atoms with Crippen LogP contribution in [-0.2, 0) is 10.0 Å². The summed E-state index contributed by atoms with van der Waals surface area (Å²) in [5.41, 5.74) is 0. The largest absolute Gasteiger partial charge is 0.493 e. The second-order valence-electron chi connectivity index (χ2n) is 4.24. The molecular weight excluding hydrogens is 254 g/mol. The Morgan fingerprint density at radius 1 is 1.22 bits per heavy atom. The fourth-order valence-electron chi connectivity index (χ4n) is 1.42. The lowest BCUT2D eigenvalue weighted by Gasteiger charge is -2.14. The van der Waals surface area contributed by atoms with Crippen LogP contribution in [0.25, 0.3) is 0 Å². The molecule has 0 aliphatic heterocycles. The van der Waals surface area contributed by atoms with E-state index in [4.69, 9.17) is 9.47 Å². The van der Waals surface area contributed by atoms with E-state index in [9.17, 15) is 8.42 Å². The molecule has 102 valence electrons. The predicted octanol–water partition coefficient (Wildman–Crippen LogP) is 1.64. The van der Waals surface area contributed by atoms with E-state index in [1.54, 1.807) is 12.1 Å². The predicted molar refractivity (Wildman–Crippen MR) is 69.6 cm³/mol. The van der Waals surface area contributed by atoms with Crippen molar-refractivity contribution in [3.05, 3.63) is 18.2 Å². The molecule has 5 nitrogen and oxygen atoms in total. The molecule has 0 atom stereocenters. The van der Waals surface area contributed by atoms with Gasteiger partial charge in [-0.25, -0.2) is 13.1 Å². The summed E-state index contributed by atoms with van der Waals surface area (Å²) in [6, 6.07) is 4.76. The van der Waals surface area contributed by atoms with Crippen molar-refractivity contribution in [3.63, 3.8) is 0 Å². The average molecular weight is 273 g/mol. The fourth-order valence-corrected chi connectivity index (χ4v) is 2.82. The van der Waals surface area contributed by atoms with E-state index in [1.165, 1.54) is 20.3 Å². The Kier molecular flexibility index (Phi) is 4.98. The van der Waals surface area contributed by atoms with Crippen molar-refractivity contribution in [3.8, 4) is 11.5 Å². The van der Waals surface area contributed by atoms with Crippen LogP contribution in [0.1, 0.15) is 13.8 Å². The summed E-state index contributed by atoms with van der Waals surface area (Å²) in [6.45, 7) is 4.25. The maximum absolute atomic E-state index is 12.1. The topological polar surface area (TPSA) is 64.6 Å². The van der Waals surface area contributed by atoms with Crippen molar-refractivity contribution in [2.24, 2.45) is 5.92 Å². The smallest absolute Gasteiger partial charge is 0.244 e. The zero-order chi connectivity index (χ0) is 13.8. The highest BCUT2D eigenvalue weighted by Crippen LogP contribution is 2.33. The molecule has 0 aliphatic rings. The highest BCUT2D eigenvalue weighted by Gasteiger charge is 2.22. The van der Waals surface area contributed by atoms with Gasteiger partial charge in [0.25, 0.3) is 0 Å². The van der Waals surface area contributed by atoms with Gasteiger partial charge in [-0.15, -0.1) is 0 Å². The molecule has 0 radical (unpaired) electrons. The van der Waals surface area contributed by atoms with E-state index >= 15 is 0 Å². The first-order valence-electron chi connectivity index (χ1n) is 5.63. The van der Waals surface area contributed by atoms with E-state index in [-0.39, 0.29) is 16.6 Å². The molecule has 0 saturated carbocycles. The summed E-state index contributed by atoms with van der Waals surface area (Å²) in [7, 11) is -0.702. The summed E-state index contributed by atoms with van der Waals surface area (Å²) in [6.07, 6.45) is 0. The third kappa shape index (κ3) is 3.36. The Hall–Kier alpha value is -1.27. The Labute approximate surface area is 108 Å². The molecule has 1 aromatic rings. The number of ether oxygens (including phenoxy) is 2. The minimum absolute atomic E-state index is 0.0880. The molecule has 0 bridgehead atoms. The molecule has 0 unspecified atom stereocenters. The Bertz CT molecular complexity index is 497. The average Bonchev–Trinajstić information content (AvgIpc) is 2.35. The minimum Gasteiger partial charge on any atom is -0.493 e. The minimum atomic E-state index is -3.59. The van der Waals surface area contributed by atoms with Gasteiger partial charge >= 0.3 is 0 Å². The lowest BCUT2D eigenvalue weighted by Crippen LogP contribution is -2.27. The van der Waals surface area contributed by atoms with Gasteiger partial charge in [0.05, 0.1) is 14.2 Å². The molecule has 0 aromatic heterocycles. The van der Waals surface area contributed by atoms with E-state index in [1.807, 2.05) is 13.8 Å². The van der Waals surface area contributed by atoms with Crippen LogP contribution in [0.5, 0.6) is 11.5 Å². The molecular formula is C12H19NO4S. The van der Waals surface area contributed by atoms with Crippen molar-refractivity contribution in [1.29, 1.82) is 0 Å². The van der Waals surface area contributed by atoms with Gasteiger partial charge in [0.2, 0.25) is 10.0 Å². The monoisotopic (exact) mass is 273 g/mol. The van der Waals surface area contributed by atoms with Crippen LogP contribution in [0.2, 0.25) is 0 Å².